The molecule has 1 aliphatic heterocycles. The van der Waals surface area contributed by atoms with Crippen LogP contribution in [0.15, 0.2) is 73.3 Å². The number of hydrogen-bond acceptors (Lipinski definition) is 7. The third-order valence-corrected chi connectivity index (χ3v) is 7.21. The summed E-state index contributed by atoms with van der Waals surface area (Å²) in [4.78, 5) is 37.2. The van der Waals surface area contributed by atoms with Crippen molar-refractivity contribution in [2.45, 2.75) is 33.3 Å². The quantitative estimate of drug-likeness (QED) is 0.302. The lowest BCUT2D eigenvalue weighted by Crippen LogP contribution is -2.50. The molecule has 0 bridgehead atoms. The number of amides is 2. The van der Waals surface area contributed by atoms with E-state index in [0.29, 0.717) is 18.8 Å². The Morgan fingerprint density at radius 3 is 2.36 bits per heavy atom. The summed E-state index contributed by atoms with van der Waals surface area (Å²) in [6.45, 7) is 9.90. The molecule has 10 nitrogen and oxygen atoms in total. The Hall–Kier alpha value is -4.99. The second kappa shape index (κ2) is 10.8. The molecule has 0 unspecified atom stereocenters. The second-order valence-electron chi connectivity index (χ2n) is 11.4. The lowest BCUT2D eigenvalue weighted by molar-refractivity contribution is -0.114. The van der Waals surface area contributed by atoms with Gasteiger partial charge in [-0.15, -0.1) is 0 Å². The average Bonchev–Trinajstić information content (AvgIpc) is 3.39. The summed E-state index contributed by atoms with van der Waals surface area (Å²) >= 11 is 0. The first-order valence-electron chi connectivity index (χ1n) is 14.0. The molecule has 3 aromatic heterocycles. The molecule has 42 heavy (non-hydrogen) atoms. The molecule has 5 aromatic rings. The summed E-state index contributed by atoms with van der Waals surface area (Å²) in [7, 11) is 0. The van der Waals surface area contributed by atoms with Crippen molar-refractivity contribution in [3.63, 3.8) is 0 Å². The highest BCUT2D eigenvalue weighted by molar-refractivity contribution is 6.00. The molecule has 0 radical (unpaired) electrons. The fourth-order valence-electron chi connectivity index (χ4n) is 5.22. The first kappa shape index (κ1) is 27.2. The summed E-state index contributed by atoms with van der Waals surface area (Å²) in [5.41, 5.74) is 6.73. The highest BCUT2D eigenvalue weighted by Gasteiger charge is 2.26. The number of benzene rings is 2. The van der Waals surface area contributed by atoms with Crippen molar-refractivity contribution in [1.29, 1.82) is 0 Å². The first-order valence-corrected chi connectivity index (χ1v) is 14.0. The molecule has 6 rings (SSSR count). The number of fused-ring (bicyclic) bond motifs is 2. The van der Waals surface area contributed by atoms with Crippen molar-refractivity contribution < 1.29 is 14.3 Å². The zero-order valence-corrected chi connectivity index (χ0v) is 24.2. The normalized spacial score (nSPS) is 13.9. The number of piperazine rings is 1. The van der Waals surface area contributed by atoms with E-state index in [1.807, 2.05) is 63.6 Å². The highest BCUT2D eigenvalue weighted by atomic mass is 16.6. The first-order chi connectivity index (χ1) is 20.1. The summed E-state index contributed by atoms with van der Waals surface area (Å²) in [6, 6.07) is 16.0. The Labute approximate surface area is 243 Å². The van der Waals surface area contributed by atoms with Crippen LogP contribution in [-0.4, -0.2) is 68.3 Å². The van der Waals surface area contributed by atoms with Crippen LogP contribution in [-0.2, 0) is 9.53 Å². The van der Waals surface area contributed by atoms with Crippen molar-refractivity contribution in [3.05, 3.63) is 73.3 Å². The molecule has 0 aliphatic carbocycles. The number of pyridine rings is 1. The van der Waals surface area contributed by atoms with Crippen LogP contribution < -0.4 is 10.2 Å². The van der Waals surface area contributed by atoms with Gasteiger partial charge >= 0.3 is 6.09 Å². The lowest BCUT2D eigenvalue weighted by Gasteiger charge is -2.36. The van der Waals surface area contributed by atoms with E-state index < -0.39 is 5.60 Å². The smallest absolute Gasteiger partial charge is 0.410 e. The van der Waals surface area contributed by atoms with Crippen LogP contribution in [0, 0.1) is 0 Å². The number of rotatable bonds is 4. The third kappa shape index (κ3) is 5.60. The molecular weight excluding hydrogens is 530 g/mol. The fraction of sp³-hybridized carbons (Fsp3) is 0.281. The molecule has 214 valence electrons. The van der Waals surface area contributed by atoms with Crippen molar-refractivity contribution in [1.82, 2.24) is 24.5 Å². The zero-order chi connectivity index (χ0) is 29.4. The van der Waals surface area contributed by atoms with Crippen LogP contribution in [0.2, 0.25) is 0 Å². The minimum atomic E-state index is -0.493. The van der Waals surface area contributed by atoms with E-state index in [-0.39, 0.29) is 12.0 Å². The molecule has 1 N–H and O–H groups in total. The molecular formula is C32H33N7O3. The number of nitrogens with one attached hydrogen (secondary N) is 1. The van der Waals surface area contributed by atoms with E-state index in [0.717, 1.165) is 57.6 Å². The molecule has 2 amide bonds. The molecule has 10 heteroatoms. The molecule has 2 aromatic carbocycles. The van der Waals surface area contributed by atoms with Gasteiger partial charge in [-0.3, -0.25) is 9.78 Å². The predicted molar refractivity (Wildman–Crippen MR) is 163 cm³/mol. The minimum absolute atomic E-state index is 0.124. The summed E-state index contributed by atoms with van der Waals surface area (Å²) in [5.74, 6) is -0.124. The van der Waals surface area contributed by atoms with Gasteiger partial charge in [0, 0.05) is 79.6 Å². The number of ether oxygens (including phenoxy) is 1. The van der Waals surface area contributed by atoms with Gasteiger partial charge in [-0.2, -0.15) is 5.10 Å². The van der Waals surface area contributed by atoms with Crippen molar-refractivity contribution >= 4 is 39.9 Å². The van der Waals surface area contributed by atoms with E-state index >= 15 is 0 Å². The zero-order valence-electron chi connectivity index (χ0n) is 24.2. The highest BCUT2D eigenvalue weighted by Crippen LogP contribution is 2.32. The van der Waals surface area contributed by atoms with Crippen LogP contribution in [0.3, 0.4) is 0 Å². The third-order valence-electron chi connectivity index (χ3n) is 7.21. The fourth-order valence-corrected chi connectivity index (χ4v) is 5.22. The van der Waals surface area contributed by atoms with Gasteiger partial charge in [0.2, 0.25) is 5.91 Å². The molecule has 1 saturated heterocycles. The molecule has 0 atom stereocenters. The Kier molecular flexibility index (Phi) is 6.97. The Bertz CT molecular complexity index is 1780. The number of hydrogen-bond donors (Lipinski definition) is 1. The van der Waals surface area contributed by atoms with E-state index in [9.17, 15) is 9.59 Å². The predicted octanol–water partition coefficient (Wildman–Crippen LogP) is 5.63. The second-order valence-corrected chi connectivity index (χ2v) is 11.4. The molecule has 0 saturated carbocycles. The van der Waals surface area contributed by atoms with Gasteiger partial charge in [0.25, 0.3) is 0 Å². The van der Waals surface area contributed by atoms with Crippen LogP contribution in [0.4, 0.5) is 16.2 Å². The van der Waals surface area contributed by atoms with Gasteiger partial charge in [0.05, 0.1) is 11.7 Å². The van der Waals surface area contributed by atoms with Crippen LogP contribution >= 0.6 is 0 Å². The van der Waals surface area contributed by atoms with E-state index in [1.165, 1.54) is 6.92 Å². The van der Waals surface area contributed by atoms with Crippen molar-refractivity contribution in [2.24, 2.45) is 0 Å². The Morgan fingerprint density at radius 1 is 0.881 bits per heavy atom. The summed E-state index contributed by atoms with van der Waals surface area (Å²) in [5, 5.41) is 8.37. The molecule has 4 heterocycles. The summed E-state index contributed by atoms with van der Waals surface area (Å²) in [6.07, 6.45) is 7.18. The van der Waals surface area contributed by atoms with Crippen LogP contribution in [0.25, 0.3) is 38.8 Å². The van der Waals surface area contributed by atoms with Gasteiger partial charge in [-0.1, -0.05) is 18.2 Å². The number of carbonyl (C=O) groups is 2. The SMILES string of the molecule is CC(=O)Nc1ccc2c(-c3cnn4cc(-c5ccc(N6CCN(C(=O)OC(C)(C)C)CC6)cc5)cnc34)ccnc2c1. The Balaban J connectivity index is 1.19. The number of carbonyl (C=O) groups excluding carboxylic acids is 2. The Morgan fingerprint density at radius 2 is 1.64 bits per heavy atom. The van der Waals surface area contributed by atoms with E-state index in [2.05, 4.69) is 44.6 Å². The van der Waals surface area contributed by atoms with Crippen LogP contribution in [0.1, 0.15) is 27.7 Å². The number of nitrogens with zero attached hydrogens (tertiary/aromatic N) is 6. The van der Waals surface area contributed by atoms with Gasteiger partial charge in [-0.05, 0) is 62.2 Å². The number of anilines is 2. The van der Waals surface area contributed by atoms with Crippen LogP contribution in [0.5, 0.6) is 0 Å². The maximum Gasteiger partial charge on any atom is 0.410 e. The minimum Gasteiger partial charge on any atom is -0.444 e. The number of aromatic nitrogens is 4. The lowest BCUT2D eigenvalue weighted by atomic mass is 10.0. The van der Waals surface area contributed by atoms with Gasteiger partial charge in [0.1, 0.15) is 5.60 Å². The maximum atomic E-state index is 12.4. The van der Waals surface area contributed by atoms with Crippen molar-refractivity contribution in [2.75, 3.05) is 36.4 Å². The molecule has 1 fully saturated rings. The van der Waals surface area contributed by atoms with E-state index in [1.54, 1.807) is 15.6 Å². The largest absolute Gasteiger partial charge is 0.444 e. The van der Waals surface area contributed by atoms with Gasteiger partial charge < -0.3 is 19.9 Å². The van der Waals surface area contributed by atoms with Gasteiger partial charge in [0.15, 0.2) is 5.65 Å². The van der Waals surface area contributed by atoms with Gasteiger partial charge in [-0.25, -0.2) is 14.3 Å². The maximum absolute atomic E-state index is 12.4. The average molecular weight is 564 g/mol. The summed E-state index contributed by atoms with van der Waals surface area (Å²) < 4.78 is 7.31. The molecule has 0 spiro atoms. The standard InChI is InChI=1S/C32H33N7O3/c1-21(40)36-24-7-10-27-26(11-12-33-29(27)17-24)28-19-35-39-20-23(18-34-30(28)39)22-5-8-25(9-6-22)37-13-15-38(16-14-37)31(41)42-32(2,3)4/h5-12,17-20H,13-16H2,1-4H3,(H,36,40). The van der Waals surface area contributed by atoms with E-state index in [4.69, 9.17) is 9.72 Å². The monoisotopic (exact) mass is 563 g/mol. The topological polar surface area (TPSA) is 105 Å². The van der Waals surface area contributed by atoms with Crippen molar-refractivity contribution in [3.8, 4) is 22.3 Å². The molecule has 1 aliphatic rings.